The lowest BCUT2D eigenvalue weighted by Crippen LogP contribution is -2.34. The molecule has 9 nitrogen and oxygen atoms in total. The first-order valence-electron chi connectivity index (χ1n) is 9.11. The number of halogens is 1. The first-order chi connectivity index (χ1) is 14.4. The molecule has 1 aliphatic rings. The average Bonchev–Trinajstić information content (AvgIpc) is 2.74. The van der Waals surface area contributed by atoms with Crippen LogP contribution in [0.1, 0.15) is 15.9 Å². The summed E-state index contributed by atoms with van der Waals surface area (Å²) < 4.78 is 6.67. The number of hydrogen-bond donors (Lipinski definition) is 3. The van der Waals surface area contributed by atoms with Gasteiger partial charge in [0.1, 0.15) is 24.4 Å². The third-order valence-corrected chi connectivity index (χ3v) is 4.89. The normalized spacial score (nSPS) is 12.6. The quantitative estimate of drug-likeness (QED) is 0.567. The van der Waals surface area contributed by atoms with E-state index in [0.717, 1.165) is 10.1 Å². The van der Waals surface area contributed by atoms with Crippen molar-refractivity contribution in [2.75, 3.05) is 18.5 Å². The molecule has 0 atom stereocenters. The van der Waals surface area contributed by atoms with Crippen LogP contribution in [-0.4, -0.2) is 39.7 Å². The van der Waals surface area contributed by atoms with Crippen molar-refractivity contribution in [3.8, 4) is 5.75 Å². The first kappa shape index (κ1) is 19.7. The van der Waals surface area contributed by atoms with Gasteiger partial charge in [-0.05, 0) is 23.8 Å². The third kappa shape index (κ3) is 3.79. The first-order valence-corrected chi connectivity index (χ1v) is 9.49. The highest BCUT2D eigenvalue weighted by Crippen LogP contribution is 2.34. The molecule has 0 fully saturated rings. The van der Waals surface area contributed by atoms with Crippen LogP contribution in [0.4, 0.5) is 5.69 Å². The Kier molecular flexibility index (Phi) is 5.28. The molecule has 0 aliphatic carbocycles. The molecular weight excluding hydrogens is 412 g/mol. The van der Waals surface area contributed by atoms with E-state index in [9.17, 15) is 19.5 Å². The maximum absolute atomic E-state index is 12.9. The van der Waals surface area contributed by atoms with Gasteiger partial charge in [0.05, 0.1) is 17.3 Å². The monoisotopic (exact) mass is 428 g/mol. The minimum Gasteiger partial charge on any atom is -0.489 e. The topological polar surface area (TPSA) is 123 Å². The summed E-state index contributed by atoms with van der Waals surface area (Å²) in [5.41, 5.74) is 0.615. The molecule has 30 heavy (non-hydrogen) atoms. The molecule has 0 saturated carbocycles. The summed E-state index contributed by atoms with van der Waals surface area (Å²) in [6, 6.07) is 8.30. The number of pyridine rings is 2. The van der Waals surface area contributed by atoms with Crippen LogP contribution in [0.2, 0.25) is 5.02 Å². The van der Waals surface area contributed by atoms with Crippen molar-refractivity contribution >= 4 is 40.2 Å². The van der Waals surface area contributed by atoms with Gasteiger partial charge in [-0.1, -0.05) is 23.7 Å². The summed E-state index contributed by atoms with van der Waals surface area (Å²) in [6.45, 7) is 0.522. The van der Waals surface area contributed by atoms with Gasteiger partial charge in [0.15, 0.2) is 5.75 Å². The molecule has 0 spiro atoms. The molecule has 0 bridgehead atoms. The van der Waals surface area contributed by atoms with Crippen LogP contribution in [-0.2, 0) is 17.9 Å². The second kappa shape index (κ2) is 8.03. The minimum atomic E-state index is -1.23. The van der Waals surface area contributed by atoms with Gasteiger partial charge in [-0.2, -0.15) is 0 Å². The Morgan fingerprint density at radius 2 is 2.07 bits per heavy atom. The van der Waals surface area contributed by atoms with E-state index in [1.54, 1.807) is 24.3 Å². The summed E-state index contributed by atoms with van der Waals surface area (Å²) >= 11 is 5.86. The zero-order chi connectivity index (χ0) is 21.3. The summed E-state index contributed by atoms with van der Waals surface area (Å²) in [5, 5.41) is 16.0. The fourth-order valence-electron chi connectivity index (χ4n) is 3.24. The number of ether oxygens (including phenoxy) is 1. The number of anilines is 1. The van der Waals surface area contributed by atoms with E-state index in [-0.39, 0.29) is 17.8 Å². The van der Waals surface area contributed by atoms with Crippen LogP contribution in [0.15, 0.2) is 41.3 Å². The molecule has 4 rings (SSSR count). The lowest BCUT2D eigenvalue weighted by Gasteiger charge is -2.21. The molecule has 3 heterocycles. The summed E-state index contributed by atoms with van der Waals surface area (Å²) in [7, 11) is 0. The highest BCUT2D eigenvalue weighted by molar-refractivity contribution is 6.30. The van der Waals surface area contributed by atoms with E-state index in [0.29, 0.717) is 35.0 Å². The molecule has 2 aromatic heterocycles. The van der Waals surface area contributed by atoms with E-state index in [1.165, 1.54) is 12.3 Å². The highest BCUT2D eigenvalue weighted by Gasteiger charge is 2.22. The Morgan fingerprint density at radius 3 is 2.80 bits per heavy atom. The Hall–Kier alpha value is -3.59. The number of nitrogens with one attached hydrogen (secondary N) is 2. The number of carboxylic acids is 1. The molecule has 0 radical (unpaired) electrons. The highest BCUT2D eigenvalue weighted by atomic mass is 35.5. The van der Waals surface area contributed by atoms with Gasteiger partial charge in [-0.25, -0.2) is 4.98 Å². The van der Waals surface area contributed by atoms with E-state index >= 15 is 0 Å². The lowest BCUT2D eigenvalue weighted by atomic mass is 10.1. The lowest BCUT2D eigenvalue weighted by molar-refractivity contribution is -0.137. The van der Waals surface area contributed by atoms with Crippen LogP contribution in [0.5, 0.6) is 5.75 Å². The van der Waals surface area contributed by atoms with Gasteiger partial charge in [0.25, 0.3) is 11.5 Å². The largest absolute Gasteiger partial charge is 0.489 e. The van der Waals surface area contributed by atoms with Gasteiger partial charge in [0, 0.05) is 18.1 Å². The van der Waals surface area contributed by atoms with Crippen molar-refractivity contribution in [2.24, 2.45) is 0 Å². The fourth-order valence-corrected chi connectivity index (χ4v) is 3.36. The van der Waals surface area contributed by atoms with Gasteiger partial charge in [-0.15, -0.1) is 0 Å². The molecular formula is C20H17ClN4O5. The van der Waals surface area contributed by atoms with Crippen LogP contribution in [0.25, 0.3) is 11.0 Å². The smallest absolute Gasteiger partial charge is 0.323 e. The number of rotatable bonds is 5. The van der Waals surface area contributed by atoms with Crippen molar-refractivity contribution in [3.63, 3.8) is 0 Å². The number of aromatic nitrogens is 2. The second-order valence-electron chi connectivity index (χ2n) is 6.67. The van der Waals surface area contributed by atoms with Crippen molar-refractivity contribution in [1.29, 1.82) is 0 Å². The third-order valence-electron chi connectivity index (χ3n) is 4.63. The fraction of sp³-hybridized carbons (Fsp3) is 0.200. The van der Waals surface area contributed by atoms with Crippen LogP contribution < -0.4 is 20.9 Å². The molecule has 0 saturated heterocycles. The number of aliphatic carboxylic acids is 1. The Labute approximate surface area is 175 Å². The van der Waals surface area contributed by atoms with E-state index in [1.807, 2.05) is 0 Å². The maximum atomic E-state index is 12.9. The molecule has 3 aromatic rings. The van der Waals surface area contributed by atoms with Crippen molar-refractivity contribution in [2.45, 2.75) is 13.1 Å². The van der Waals surface area contributed by atoms with Crippen molar-refractivity contribution in [3.05, 3.63) is 63.0 Å². The molecule has 1 amide bonds. The number of carbonyl (C=O) groups is 2. The molecule has 3 N–H and O–H groups in total. The summed E-state index contributed by atoms with van der Waals surface area (Å²) in [4.78, 5) is 41.2. The van der Waals surface area contributed by atoms with Gasteiger partial charge < -0.3 is 20.5 Å². The number of carbonyl (C=O) groups excluding carboxylic acids is 1. The standard InChI is InChI=1S/C20H17ClN4O5/c21-12-3-1-11(2-4-12)8-24-19(28)14-7-13-17-15(22-5-6-30-17)9-23-18(13)25(20(14)29)10-16(26)27/h1-4,7,9,22H,5-6,8,10H2,(H,24,28)(H,26,27). The number of carboxylic acid groups (broad SMARTS) is 1. The number of hydrogen-bond acceptors (Lipinski definition) is 6. The summed E-state index contributed by atoms with van der Waals surface area (Å²) in [6.07, 6.45) is 1.48. The zero-order valence-corrected chi connectivity index (χ0v) is 16.4. The van der Waals surface area contributed by atoms with Crippen molar-refractivity contribution < 1.29 is 19.4 Å². The number of benzene rings is 1. The molecule has 1 aliphatic heterocycles. The van der Waals surface area contributed by atoms with E-state index in [4.69, 9.17) is 16.3 Å². The second-order valence-corrected chi connectivity index (χ2v) is 7.10. The molecule has 0 unspecified atom stereocenters. The molecule has 1 aromatic carbocycles. The average molecular weight is 429 g/mol. The maximum Gasteiger partial charge on any atom is 0.323 e. The number of amides is 1. The Balaban J connectivity index is 1.77. The van der Waals surface area contributed by atoms with Crippen LogP contribution in [0.3, 0.4) is 0 Å². The van der Waals surface area contributed by atoms with Crippen LogP contribution in [0, 0.1) is 0 Å². The van der Waals surface area contributed by atoms with Gasteiger partial charge in [-0.3, -0.25) is 19.0 Å². The molecule has 154 valence electrons. The Bertz CT molecular complexity index is 1210. The number of fused-ring (bicyclic) bond motifs is 3. The van der Waals surface area contributed by atoms with Gasteiger partial charge in [0.2, 0.25) is 0 Å². The zero-order valence-electron chi connectivity index (χ0n) is 15.6. The SMILES string of the molecule is O=C(O)Cn1c(=O)c(C(=O)NCc2ccc(Cl)cc2)cc2c3c(cnc21)NCCO3. The molecule has 10 heteroatoms. The van der Waals surface area contributed by atoms with Crippen LogP contribution >= 0.6 is 11.6 Å². The van der Waals surface area contributed by atoms with E-state index < -0.39 is 24.0 Å². The predicted molar refractivity (Wildman–Crippen MR) is 110 cm³/mol. The van der Waals surface area contributed by atoms with Gasteiger partial charge >= 0.3 is 5.97 Å². The Morgan fingerprint density at radius 1 is 1.30 bits per heavy atom. The number of nitrogens with zero attached hydrogens (tertiary/aromatic N) is 2. The minimum absolute atomic E-state index is 0.138. The predicted octanol–water partition coefficient (Wildman–Crippen LogP) is 1.87. The van der Waals surface area contributed by atoms with Crippen molar-refractivity contribution in [1.82, 2.24) is 14.9 Å². The summed E-state index contributed by atoms with van der Waals surface area (Å²) in [5.74, 6) is -1.43. The van der Waals surface area contributed by atoms with E-state index in [2.05, 4.69) is 15.6 Å².